The van der Waals surface area contributed by atoms with Crippen molar-refractivity contribution in [2.24, 2.45) is 12.8 Å². The molecule has 0 unspecified atom stereocenters. The van der Waals surface area contributed by atoms with Gasteiger partial charge in [0, 0.05) is 37.0 Å². The summed E-state index contributed by atoms with van der Waals surface area (Å²) in [5.41, 5.74) is 9.85. The summed E-state index contributed by atoms with van der Waals surface area (Å²) in [5, 5.41) is 15.3. The molecule has 1 aliphatic rings. The predicted molar refractivity (Wildman–Crippen MR) is 130 cm³/mol. The van der Waals surface area contributed by atoms with Gasteiger partial charge >= 0.3 is 0 Å². The minimum atomic E-state index is -0.205. The average Bonchev–Trinajstić information content (AvgIpc) is 3.27. The first kappa shape index (κ1) is 24.6. The van der Waals surface area contributed by atoms with Crippen molar-refractivity contribution in [1.29, 1.82) is 5.26 Å². The molecule has 3 aromatic rings. The molecule has 0 saturated heterocycles. The van der Waals surface area contributed by atoms with Crippen molar-refractivity contribution in [3.05, 3.63) is 89.7 Å². The number of aromatic nitrogens is 3. The molecule has 2 heterocycles. The van der Waals surface area contributed by atoms with Gasteiger partial charge in [-0.1, -0.05) is 18.2 Å². The molecule has 3 N–H and O–H groups in total. The maximum absolute atomic E-state index is 13.2. The molecule has 0 spiro atoms. The second-order valence-corrected chi connectivity index (χ2v) is 7.82. The minimum absolute atomic E-state index is 0.152. The second-order valence-electron chi connectivity index (χ2n) is 7.82. The highest BCUT2D eigenvalue weighted by Crippen LogP contribution is 2.21. The van der Waals surface area contributed by atoms with E-state index in [1.807, 2.05) is 49.7 Å². The highest BCUT2D eigenvalue weighted by atomic mass is 19.1. The standard InChI is InChI=1S/C17H17FN4O.C9H10N2/c1-22-11-14(10-20-22)13-5-6-16(19-9-13)21-17(23)8-12-3-2-4-15(18)7-12;10-6-5-8-1-3-9(7-11)4-2-8/h3,5-7,9-11H,2,4,8H2,1H3,(H,19,21,23);1-4H,5-6,10H2. The SMILES string of the molecule is Cn1cc(-c2ccc(NC(=O)CC3=CCCC(F)=C3)nc2)cn1.N#Cc1ccc(CCN)cc1. The van der Waals surface area contributed by atoms with Gasteiger partial charge in [0.1, 0.15) is 11.6 Å². The molecular formula is C26H27FN6O. The van der Waals surface area contributed by atoms with Crippen LogP contribution in [-0.4, -0.2) is 27.2 Å². The fraction of sp³-hybridized carbons (Fsp3) is 0.231. The highest BCUT2D eigenvalue weighted by molar-refractivity contribution is 5.92. The van der Waals surface area contributed by atoms with Gasteiger partial charge in [-0.15, -0.1) is 0 Å². The van der Waals surface area contributed by atoms with Crippen LogP contribution >= 0.6 is 0 Å². The Labute approximate surface area is 198 Å². The minimum Gasteiger partial charge on any atom is -0.330 e. The molecule has 0 saturated carbocycles. The number of carbonyl (C=O) groups is 1. The fourth-order valence-corrected chi connectivity index (χ4v) is 3.34. The van der Waals surface area contributed by atoms with Crippen molar-refractivity contribution < 1.29 is 9.18 Å². The van der Waals surface area contributed by atoms with Crippen LogP contribution in [0.5, 0.6) is 0 Å². The van der Waals surface area contributed by atoms with Gasteiger partial charge < -0.3 is 11.1 Å². The Hall–Kier alpha value is -4.09. The molecule has 7 nitrogen and oxygen atoms in total. The van der Waals surface area contributed by atoms with Gasteiger partial charge in [-0.3, -0.25) is 9.48 Å². The quantitative estimate of drug-likeness (QED) is 0.567. The number of nitrogens with one attached hydrogen (secondary N) is 1. The summed E-state index contributed by atoms with van der Waals surface area (Å²) >= 11 is 0. The first-order valence-corrected chi connectivity index (χ1v) is 11.0. The van der Waals surface area contributed by atoms with E-state index in [0.29, 0.717) is 36.3 Å². The van der Waals surface area contributed by atoms with Crippen molar-refractivity contribution in [2.45, 2.75) is 25.7 Å². The number of pyridine rings is 1. The largest absolute Gasteiger partial charge is 0.330 e. The average molecular weight is 459 g/mol. The van der Waals surface area contributed by atoms with Crippen LogP contribution in [0.1, 0.15) is 30.4 Å². The summed E-state index contributed by atoms with van der Waals surface area (Å²) in [4.78, 5) is 16.2. The van der Waals surface area contributed by atoms with Crippen LogP contribution in [-0.2, 0) is 18.3 Å². The van der Waals surface area contributed by atoms with E-state index in [0.717, 1.165) is 17.5 Å². The van der Waals surface area contributed by atoms with Gasteiger partial charge in [0.25, 0.3) is 0 Å². The second kappa shape index (κ2) is 12.2. The molecule has 0 aliphatic heterocycles. The van der Waals surface area contributed by atoms with Gasteiger partial charge in [-0.25, -0.2) is 9.37 Å². The Morgan fingerprint density at radius 2 is 2.00 bits per heavy atom. The number of carbonyl (C=O) groups excluding carboxylic acids is 1. The van der Waals surface area contributed by atoms with E-state index in [1.54, 1.807) is 23.1 Å². The number of anilines is 1. The zero-order chi connectivity index (χ0) is 24.3. The lowest BCUT2D eigenvalue weighted by Gasteiger charge is -2.09. The number of hydrogen-bond donors (Lipinski definition) is 2. The molecular weight excluding hydrogens is 431 g/mol. The maximum atomic E-state index is 13.2. The summed E-state index contributed by atoms with van der Waals surface area (Å²) in [6.45, 7) is 0.659. The summed E-state index contributed by atoms with van der Waals surface area (Å²) in [7, 11) is 1.85. The van der Waals surface area contributed by atoms with Gasteiger partial charge in [-0.2, -0.15) is 10.4 Å². The Kier molecular flexibility index (Phi) is 8.83. The van der Waals surface area contributed by atoms with E-state index in [-0.39, 0.29) is 18.2 Å². The van der Waals surface area contributed by atoms with E-state index in [2.05, 4.69) is 21.5 Å². The molecule has 1 aromatic carbocycles. The van der Waals surface area contributed by atoms with E-state index < -0.39 is 0 Å². The molecule has 174 valence electrons. The topological polar surface area (TPSA) is 110 Å². The Bertz CT molecular complexity index is 1200. The van der Waals surface area contributed by atoms with Crippen molar-refractivity contribution in [1.82, 2.24) is 14.8 Å². The number of aryl methyl sites for hydroxylation is 1. The van der Waals surface area contributed by atoms with Gasteiger partial charge in [0.2, 0.25) is 5.91 Å². The summed E-state index contributed by atoms with van der Waals surface area (Å²) in [6, 6.07) is 13.2. The van der Waals surface area contributed by atoms with Crippen molar-refractivity contribution in [2.75, 3.05) is 11.9 Å². The number of halogens is 1. The first-order chi connectivity index (χ1) is 16.5. The number of nitriles is 1. The number of amides is 1. The third kappa shape index (κ3) is 7.50. The summed E-state index contributed by atoms with van der Waals surface area (Å²) < 4.78 is 14.9. The van der Waals surface area contributed by atoms with Crippen LogP contribution in [0.4, 0.5) is 10.2 Å². The van der Waals surface area contributed by atoms with Crippen LogP contribution in [0.25, 0.3) is 11.1 Å². The monoisotopic (exact) mass is 458 g/mol. The lowest BCUT2D eigenvalue weighted by Crippen LogP contribution is -2.13. The number of hydrogen-bond acceptors (Lipinski definition) is 5. The van der Waals surface area contributed by atoms with Gasteiger partial charge in [0.05, 0.1) is 24.3 Å². The molecule has 2 aromatic heterocycles. The first-order valence-electron chi connectivity index (χ1n) is 11.0. The van der Waals surface area contributed by atoms with Gasteiger partial charge in [0.15, 0.2) is 0 Å². The molecule has 0 fully saturated rings. The van der Waals surface area contributed by atoms with Crippen LogP contribution < -0.4 is 11.1 Å². The van der Waals surface area contributed by atoms with Crippen LogP contribution in [0.3, 0.4) is 0 Å². The van der Waals surface area contributed by atoms with Crippen molar-refractivity contribution >= 4 is 11.7 Å². The Morgan fingerprint density at radius 3 is 2.59 bits per heavy atom. The van der Waals surface area contributed by atoms with E-state index in [9.17, 15) is 9.18 Å². The molecule has 34 heavy (non-hydrogen) atoms. The predicted octanol–water partition coefficient (Wildman–Crippen LogP) is 4.44. The fourth-order valence-electron chi connectivity index (χ4n) is 3.34. The third-order valence-corrected chi connectivity index (χ3v) is 5.08. The van der Waals surface area contributed by atoms with E-state index in [1.165, 1.54) is 11.6 Å². The third-order valence-electron chi connectivity index (χ3n) is 5.08. The van der Waals surface area contributed by atoms with Crippen LogP contribution in [0, 0.1) is 11.3 Å². The van der Waals surface area contributed by atoms with Gasteiger partial charge in [-0.05, 0) is 60.9 Å². The Morgan fingerprint density at radius 1 is 1.21 bits per heavy atom. The normalized spacial score (nSPS) is 12.5. The number of benzene rings is 1. The number of nitrogens with zero attached hydrogens (tertiary/aromatic N) is 4. The molecule has 1 aliphatic carbocycles. The molecule has 8 heteroatoms. The van der Waals surface area contributed by atoms with E-state index in [4.69, 9.17) is 11.0 Å². The Balaban J connectivity index is 0.000000248. The highest BCUT2D eigenvalue weighted by Gasteiger charge is 2.10. The zero-order valence-electron chi connectivity index (χ0n) is 19.0. The molecule has 0 radical (unpaired) electrons. The van der Waals surface area contributed by atoms with Crippen LogP contribution in [0.2, 0.25) is 0 Å². The molecule has 0 bridgehead atoms. The van der Waals surface area contributed by atoms with E-state index >= 15 is 0 Å². The number of rotatable bonds is 6. The lowest BCUT2D eigenvalue weighted by molar-refractivity contribution is -0.115. The smallest absolute Gasteiger partial charge is 0.229 e. The van der Waals surface area contributed by atoms with Crippen LogP contribution in [0.15, 0.2) is 78.5 Å². The molecule has 1 amide bonds. The van der Waals surface area contributed by atoms with Crippen molar-refractivity contribution in [3.8, 4) is 17.2 Å². The number of allylic oxidation sites excluding steroid dienone is 3. The summed E-state index contributed by atoms with van der Waals surface area (Å²) in [6.07, 6.45) is 10.8. The molecule has 0 atom stereocenters. The zero-order valence-corrected chi connectivity index (χ0v) is 19.0. The van der Waals surface area contributed by atoms with Crippen molar-refractivity contribution in [3.63, 3.8) is 0 Å². The lowest BCUT2D eigenvalue weighted by atomic mass is 10.0. The number of nitrogens with two attached hydrogens (primary N) is 1. The summed E-state index contributed by atoms with van der Waals surface area (Å²) in [5.74, 6) is 0.0987. The maximum Gasteiger partial charge on any atom is 0.229 e. The molecule has 4 rings (SSSR count).